The van der Waals surface area contributed by atoms with Crippen LogP contribution in [0.25, 0.3) is 0 Å². The topological polar surface area (TPSA) is 12.5 Å². The Morgan fingerprint density at radius 3 is 2.50 bits per heavy atom. The Morgan fingerprint density at radius 1 is 1.17 bits per heavy atom. The van der Waals surface area contributed by atoms with Crippen molar-refractivity contribution in [2.75, 3.05) is 32.1 Å². The van der Waals surface area contributed by atoms with E-state index < -0.39 is 0 Å². The third-order valence-corrected chi connectivity index (χ3v) is 5.99. The van der Waals surface area contributed by atoms with Crippen LogP contribution < -0.4 is 0 Å². The molecule has 1 atom stereocenters. The van der Waals surface area contributed by atoms with Gasteiger partial charge in [0.05, 0.1) is 6.10 Å². The number of hydrogen-bond donors (Lipinski definition) is 0. The fraction of sp³-hybridized carbons (Fsp3) is 1.00. The first-order valence-corrected chi connectivity index (χ1v) is 8.71. The van der Waals surface area contributed by atoms with E-state index in [1.54, 1.807) is 0 Å². The molecule has 0 bridgehead atoms. The molecule has 3 heteroatoms. The van der Waals surface area contributed by atoms with E-state index in [0.717, 1.165) is 6.54 Å². The maximum absolute atomic E-state index is 5.55. The Balaban J connectivity index is 1.91. The highest BCUT2D eigenvalue weighted by Gasteiger charge is 2.33. The van der Waals surface area contributed by atoms with Crippen molar-refractivity contribution in [3.8, 4) is 0 Å². The number of nitrogens with zero attached hydrogens (tertiary/aromatic N) is 1. The summed E-state index contributed by atoms with van der Waals surface area (Å²) in [4.78, 5) is 2.66. The van der Waals surface area contributed by atoms with E-state index >= 15 is 0 Å². The van der Waals surface area contributed by atoms with Crippen LogP contribution >= 0.6 is 15.9 Å². The molecule has 18 heavy (non-hydrogen) atoms. The van der Waals surface area contributed by atoms with Gasteiger partial charge in [0.1, 0.15) is 0 Å². The number of likely N-dealkylation sites (tertiary alicyclic amines) is 1. The van der Waals surface area contributed by atoms with Gasteiger partial charge in [-0.15, -0.1) is 0 Å². The van der Waals surface area contributed by atoms with E-state index in [2.05, 4.69) is 20.8 Å². The second-order valence-electron chi connectivity index (χ2n) is 6.28. The first kappa shape index (κ1) is 14.8. The quantitative estimate of drug-likeness (QED) is 0.577. The van der Waals surface area contributed by atoms with Crippen molar-refractivity contribution in [2.24, 2.45) is 5.41 Å². The summed E-state index contributed by atoms with van der Waals surface area (Å²) in [6.45, 7) is 3.69. The summed E-state index contributed by atoms with van der Waals surface area (Å²) in [6, 6.07) is 0. The number of piperidine rings is 1. The average molecular weight is 318 g/mol. The van der Waals surface area contributed by atoms with Crippen LogP contribution in [0.5, 0.6) is 0 Å². The van der Waals surface area contributed by atoms with E-state index in [4.69, 9.17) is 4.74 Å². The van der Waals surface area contributed by atoms with Crippen molar-refractivity contribution in [1.82, 2.24) is 4.90 Å². The molecule has 1 unspecified atom stereocenters. The van der Waals surface area contributed by atoms with Gasteiger partial charge < -0.3 is 9.64 Å². The highest BCUT2D eigenvalue weighted by molar-refractivity contribution is 9.09. The van der Waals surface area contributed by atoms with Gasteiger partial charge in [0, 0.05) is 25.5 Å². The SMILES string of the molecule is COC1CCCN(CC2(CBr)CCCCCC2)C1. The van der Waals surface area contributed by atoms with Crippen LogP contribution in [0.4, 0.5) is 0 Å². The van der Waals surface area contributed by atoms with E-state index in [1.807, 2.05) is 7.11 Å². The summed E-state index contributed by atoms with van der Waals surface area (Å²) < 4.78 is 5.55. The minimum absolute atomic E-state index is 0.469. The van der Waals surface area contributed by atoms with Crippen molar-refractivity contribution >= 4 is 15.9 Å². The molecule has 1 saturated carbocycles. The molecule has 2 fully saturated rings. The van der Waals surface area contributed by atoms with E-state index in [0.29, 0.717) is 11.5 Å². The van der Waals surface area contributed by atoms with Gasteiger partial charge in [-0.3, -0.25) is 0 Å². The van der Waals surface area contributed by atoms with E-state index in [-0.39, 0.29) is 0 Å². The first-order valence-electron chi connectivity index (χ1n) is 7.59. The second kappa shape index (κ2) is 7.25. The fourth-order valence-electron chi connectivity index (χ4n) is 3.64. The molecule has 0 spiro atoms. The van der Waals surface area contributed by atoms with Crippen LogP contribution in [0.15, 0.2) is 0 Å². The molecule has 106 valence electrons. The van der Waals surface area contributed by atoms with Crippen LogP contribution in [-0.2, 0) is 4.74 Å². The molecule has 0 aromatic heterocycles. The van der Waals surface area contributed by atoms with Crippen molar-refractivity contribution in [1.29, 1.82) is 0 Å². The third kappa shape index (κ3) is 3.94. The predicted molar refractivity (Wildman–Crippen MR) is 80.4 cm³/mol. The predicted octanol–water partition coefficient (Wildman–Crippen LogP) is 3.83. The lowest BCUT2D eigenvalue weighted by molar-refractivity contribution is 0.0149. The largest absolute Gasteiger partial charge is 0.380 e. The lowest BCUT2D eigenvalue weighted by atomic mass is 9.81. The summed E-state index contributed by atoms with van der Waals surface area (Å²) >= 11 is 3.80. The van der Waals surface area contributed by atoms with Crippen molar-refractivity contribution < 1.29 is 4.74 Å². The molecule has 0 N–H and O–H groups in total. The Kier molecular flexibility index (Phi) is 5.96. The van der Waals surface area contributed by atoms with Gasteiger partial charge in [-0.2, -0.15) is 0 Å². The van der Waals surface area contributed by atoms with Gasteiger partial charge in [-0.1, -0.05) is 41.6 Å². The van der Waals surface area contributed by atoms with E-state index in [1.165, 1.54) is 69.8 Å². The Labute approximate surface area is 121 Å². The number of rotatable bonds is 4. The van der Waals surface area contributed by atoms with Gasteiger partial charge in [-0.25, -0.2) is 0 Å². The molecule has 0 aromatic rings. The Hall–Kier alpha value is 0.400. The molecule has 1 aliphatic carbocycles. The van der Waals surface area contributed by atoms with Crippen LogP contribution in [0.2, 0.25) is 0 Å². The zero-order valence-electron chi connectivity index (χ0n) is 11.8. The molecule has 2 nitrogen and oxygen atoms in total. The molecule has 1 aliphatic heterocycles. The maximum atomic E-state index is 5.55. The standard InChI is InChI=1S/C15H28BrNO/c1-18-14-7-6-10-17(11-14)13-15(12-16)8-4-2-3-5-9-15/h14H,2-13H2,1H3. The van der Waals surface area contributed by atoms with Crippen LogP contribution in [0, 0.1) is 5.41 Å². The number of halogens is 1. The zero-order chi connectivity index (χ0) is 12.8. The fourth-order valence-corrected chi connectivity index (χ4v) is 4.37. The van der Waals surface area contributed by atoms with Gasteiger partial charge in [0.15, 0.2) is 0 Å². The minimum Gasteiger partial charge on any atom is -0.380 e. The molecule has 2 rings (SSSR count). The highest BCUT2D eigenvalue weighted by Crippen LogP contribution is 2.38. The van der Waals surface area contributed by atoms with Gasteiger partial charge in [-0.05, 0) is 37.6 Å². The van der Waals surface area contributed by atoms with Crippen molar-refractivity contribution in [3.05, 3.63) is 0 Å². The third-order valence-electron chi connectivity index (χ3n) is 4.80. The number of alkyl halides is 1. The number of methoxy groups -OCH3 is 1. The molecule has 0 radical (unpaired) electrons. The molecule has 1 saturated heterocycles. The normalized spacial score (nSPS) is 30.0. The van der Waals surface area contributed by atoms with Crippen LogP contribution in [0.1, 0.15) is 51.4 Å². The molecule has 1 heterocycles. The highest BCUT2D eigenvalue weighted by atomic mass is 79.9. The Bertz CT molecular complexity index is 239. The molecule has 0 aromatic carbocycles. The van der Waals surface area contributed by atoms with Crippen molar-refractivity contribution in [2.45, 2.75) is 57.5 Å². The first-order chi connectivity index (χ1) is 8.78. The summed E-state index contributed by atoms with van der Waals surface area (Å²) in [5.74, 6) is 0. The molecular formula is C15H28BrNO. The van der Waals surface area contributed by atoms with E-state index in [9.17, 15) is 0 Å². The summed E-state index contributed by atoms with van der Waals surface area (Å²) in [5.41, 5.74) is 0.534. The lowest BCUT2D eigenvalue weighted by Crippen LogP contribution is -2.45. The van der Waals surface area contributed by atoms with Crippen molar-refractivity contribution in [3.63, 3.8) is 0 Å². The monoisotopic (exact) mass is 317 g/mol. The average Bonchev–Trinajstić information content (AvgIpc) is 2.65. The molecule has 0 amide bonds. The van der Waals surface area contributed by atoms with Crippen LogP contribution in [-0.4, -0.2) is 43.1 Å². The second-order valence-corrected chi connectivity index (χ2v) is 6.84. The van der Waals surface area contributed by atoms with Gasteiger partial charge in [0.2, 0.25) is 0 Å². The maximum Gasteiger partial charge on any atom is 0.0698 e. The number of hydrogen-bond acceptors (Lipinski definition) is 2. The summed E-state index contributed by atoms with van der Waals surface area (Å²) in [7, 11) is 1.86. The molecular weight excluding hydrogens is 290 g/mol. The number of ether oxygens (including phenoxy) is 1. The lowest BCUT2D eigenvalue weighted by Gasteiger charge is -2.40. The summed E-state index contributed by atoms with van der Waals surface area (Å²) in [6.07, 6.45) is 11.6. The van der Waals surface area contributed by atoms with Crippen LogP contribution in [0.3, 0.4) is 0 Å². The summed E-state index contributed by atoms with van der Waals surface area (Å²) in [5, 5.41) is 1.17. The zero-order valence-corrected chi connectivity index (χ0v) is 13.4. The van der Waals surface area contributed by atoms with Gasteiger partial charge >= 0.3 is 0 Å². The minimum atomic E-state index is 0.469. The molecule has 2 aliphatic rings. The smallest absolute Gasteiger partial charge is 0.0698 e. The van der Waals surface area contributed by atoms with Gasteiger partial charge in [0.25, 0.3) is 0 Å². The Morgan fingerprint density at radius 2 is 1.89 bits per heavy atom.